The van der Waals surface area contributed by atoms with Crippen LogP contribution in [0.4, 0.5) is 5.69 Å². The predicted octanol–water partition coefficient (Wildman–Crippen LogP) is 4.24. The summed E-state index contributed by atoms with van der Waals surface area (Å²) in [4.78, 5) is 22.9. The van der Waals surface area contributed by atoms with Gasteiger partial charge in [-0.05, 0) is 42.8 Å². The van der Waals surface area contributed by atoms with E-state index in [0.717, 1.165) is 0 Å². The van der Waals surface area contributed by atoms with Crippen LogP contribution < -0.4 is 0 Å². The van der Waals surface area contributed by atoms with Crippen molar-refractivity contribution in [2.75, 3.05) is 0 Å². The van der Waals surface area contributed by atoms with E-state index in [9.17, 15) is 20.0 Å². The lowest BCUT2D eigenvalue weighted by molar-refractivity contribution is -0.384. The summed E-state index contributed by atoms with van der Waals surface area (Å²) < 4.78 is 6.11. The molecule has 25 heavy (non-hydrogen) atoms. The summed E-state index contributed by atoms with van der Waals surface area (Å²) in [7, 11) is -2.09. The summed E-state index contributed by atoms with van der Waals surface area (Å²) in [6.45, 7) is 13.8. The van der Waals surface area contributed by atoms with Crippen molar-refractivity contribution >= 4 is 19.8 Å². The fraction of sp³-hybridized carbons (Fsp3) is 0.611. The highest BCUT2D eigenvalue weighted by molar-refractivity contribution is 6.74. The number of ketones is 1. The molecule has 0 aromatic heterocycles. The molecule has 0 spiro atoms. The summed E-state index contributed by atoms with van der Waals surface area (Å²) in [6, 6.07) is 5.61. The normalized spacial score (nSPS) is 16.2. The van der Waals surface area contributed by atoms with E-state index in [-0.39, 0.29) is 16.5 Å². The number of aliphatic hydroxyl groups excluding tert-OH is 1. The van der Waals surface area contributed by atoms with E-state index in [4.69, 9.17) is 4.43 Å². The molecule has 0 bridgehead atoms. The van der Waals surface area contributed by atoms with Crippen molar-refractivity contribution in [2.45, 2.75) is 65.0 Å². The Kier molecular flexibility index (Phi) is 6.66. The Hall–Kier alpha value is -1.57. The van der Waals surface area contributed by atoms with E-state index in [2.05, 4.69) is 33.9 Å². The Morgan fingerprint density at radius 1 is 1.20 bits per heavy atom. The van der Waals surface area contributed by atoms with Crippen molar-refractivity contribution in [3.63, 3.8) is 0 Å². The molecule has 1 N–H and O–H groups in total. The molecular weight excluding hydrogens is 338 g/mol. The summed E-state index contributed by atoms with van der Waals surface area (Å²) in [5, 5.41) is 21.2. The molecule has 1 rings (SSSR count). The predicted molar refractivity (Wildman–Crippen MR) is 100.0 cm³/mol. The van der Waals surface area contributed by atoms with Gasteiger partial charge < -0.3 is 9.53 Å². The summed E-state index contributed by atoms with van der Waals surface area (Å²) >= 11 is 0. The van der Waals surface area contributed by atoms with Crippen LogP contribution in [0.1, 0.15) is 46.3 Å². The van der Waals surface area contributed by atoms with Crippen molar-refractivity contribution in [3.8, 4) is 0 Å². The molecule has 1 aromatic carbocycles. The van der Waals surface area contributed by atoms with E-state index in [0.29, 0.717) is 5.56 Å². The van der Waals surface area contributed by atoms with Crippen LogP contribution in [-0.4, -0.2) is 30.2 Å². The van der Waals surface area contributed by atoms with Gasteiger partial charge in [-0.15, -0.1) is 0 Å². The van der Waals surface area contributed by atoms with Gasteiger partial charge in [-0.25, -0.2) is 0 Å². The SMILES string of the molecule is C[C@H](O[Si](C)(C)C(C)(C)C)C(=O)[C@H](C)[C@@H](O)c1ccc([N+](=O)[O-])cc1. The first-order valence-electron chi connectivity index (χ1n) is 8.42. The standard InChI is InChI=1S/C18H29NO5Si/c1-12(16(20)13(2)24-25(6,7)18(3,4)5)17(21)14-8-10-15(11-9-14)19(22)23/h8-13,17,21H,1-7H3/t12-,13-,17+/m0/s1. The number of aliphatic hydroxyl groups is 1. The van der Waals surface area contributed by atoms with Crippen LogP contribution in [0.25, 0.3) is 0 Å². The maximum absolute atomic E-state index is 12.7. The van der Waals surface area contributed by atoms with Crippen LogP contribution in [0, 0.1) is 16.0 Å². The van der Waals surface area contributed by atoms with Gasteiger partial charge in [0.15, 0.2) is 14.1 Å². The number of rotatable bonds is 7. The number of non-ortho nitro benzene ring substituents is 1. The van der Waals surface area contributed by atoms with Crippen LogP contribution in [0.3, 0.4) is 0 Å². The molecule has 0 unspecified atom stereocenters. The van der Waals surface area contributed by atoms with Crippen molar-refractivity contribution in [3.05, 3.63) is 39.9 Å². The van der Waals surface area contributed by atoms with Crippen LogP contribution in [0.15, 0.2) is 24.3 Å². The first kappa shape index (κ1) is 21.5. The Bertz CT molecular complexity index is 621. The van der Waals surface area contributed by atoms with Crippen LogP contribution in [-0.2, 0) is 9.22 Å². The molecule has 0 radical (unpaired) electrons. The van der Waals surface area contributed by atoms with E-state index in [1.165, 1.54) is 24.3 Å². The van der Waals surface area contributed by atoms with Gasteiger partial charge in [-0.1, -0.05) is 27.7 Å². The molecule has 0 saturated heterocycles. The molecule has 0 aliphatic carbocycles. The van der Waals surface area contributed by atoms with E-state index in [1.54, 1.807) is 13.8 Å². The zero-order chi connectivity index (χ0) is 19.6. The highest BCUT2D eigenvalue weighted by atomic mass is 28.4. The number of nitrogens with zero attached hydrogens (tertiary/aromatic N) is 1. The Morgan fingerprint density at radius 2 is 1.68 bits per heavy atom. The molecule has 6 nitrogen and oxygen atoms in total. The third-order valence-electron chi connectivity index (χ3n) is 5.05. The van der Waals surface area contributed by atoms with Crippen molar-refractivity contribution in [2.24, 2.45) is 5.92 Å². The summed E-state index contributed by atoms with van der Waals surface area (Å²) in [5.74, 6) is -0.836. The number of nitro benzene ring substituents is 1. The minimum atomic E-state index is -2.09. The van der Waals surface area contributed by atoms with E-state index < -0.39 is 31.4 Å². The van der Waals surface area contributed by atoms with Gasteiger partial charge in [0.2, 0.25) is 0 Å². The molecule has 0 amide bonds. The smallest absolute Gasteiger partial charge is 0.269 e. The minimum absolute atomic E-state index is 0.0121. The largest absolute Gasteiger partial charge is 0.407 e. The summed E-state index contributed by atoms with van der Waals surface area (Å²) in [5.41, 5.74) is 0.426. The fourth-order valence-electron chi connectivity index (χ4n) is 2.28. The second-order valence-electron chi connectivity index (χ2n) is 8.00. The van der Waals surface area contributed by atoms with E-state index >= 15 is 0 Å². The quantitative estimate of drug-likeness (QED) is 0.442. The molecule has 7 heteroatoms. The third kappa shape index (κ3) is 5.20. The van der Waals surface area contributed by atoms with Gasteiger partial charge in [-0.3, -0.25) is 14.9 Å². The maximum Gasteiger partial charge on any atom is 0.269 e. The zero-order valence-electron chi connectivity index (χ0n) is 16.1. The Labute approximate surface area is 150 Å². The number of benzene rings is 1. The van der Waals surface area contributed by atoms with Crippen molar-refractivity contribution in [1.29, 1.82) is 0 Å². The molecule has 140 valence electrons. The van der Waals surface area contributed by atoms with Crippen molar-refractivity contribution < 1.29 is 19.3 Å². The average molecular weight is 368 g/mol. The lowest BCUT2D eigenvalue weighted by atomic mass is 9.91. The molecule has 0 heterocycles. The number of nitro groups is 1. The number of Topliss-reactive ketones (excluding diaryl/α,β-unsaturated/α-hetero) is 1. The van der Waals surface area contributed by atoms with Gasteiger partial charge >= 0.3 is 0 Å². The maximum atomic E-state index is 12.7. The fourth-order valence-corrected chi connectivity index (χ4v) is 3.64. The van der Waals surface area contributed by atoms with Gasteiger partial charge in [0.05, 0.1) is 11.0 Å². The Balaban J connectivity index is 2.85. The minimum Gasteiger partial charge on any atom is -0.407 e. The van der Waals surface area contributed by atoms with Crippen LogP contribution in [0.5, 0.6) is 0 Å². The highest BCUT2D eigenvalue weighted by Crippen LogP contribution is 2.38. The number of carbonyl (C=O) groups excluding carboxylic acids is 1. The number of carbonyl (C=O) groups is 1. The molecule has 0 aliphatic heterocycles. The van der Waals surface area contributed by atoms with Gasteiger partial charge in [0, 0.05) is 18.1 Å². The second kappa shape index (κ2) is 7.76. The molecule has 3 atom stereocenters. The first-order valence-corrected chi connectivity index (χ1v) is 11.3. The summed E-state index contributed by atoms with van der Waals surface area (Å²) in [6.07, 6.45) is -1.64. The highest BCUT2D eigenvalue weighted by Gasteiger charge is 2.40. The van der Waals surface area contributed by atoms with Crippen LogP contribution >= 0.6 is 0 Å². The van der Waals surface area contributed by atoms with E-state index in [1.807, 2.05) is 0 Å². The molecule has 0 aliphatic rings. The molecular formula is C18H29NO5Si. The topological polar surface area (TPSA) is 89.7 Å². The zero-order valence-corrected chi connectivity index (χ0v) is 17.1. The Morgan fingerprint density at radius 3 is 2.08 bits per heavy atom. The number of hydrogen-bond donors (Lipinski definition) is 1. The number of hydrogen-bond acceptors (Lipinski definition) is 5. The van der Waals surface area contributed by atoms with Crippen molar-refractivity contribution in [1.82, 2.24) is 0 Å². The third-order valence-corrected chi connectivity index (χ3v) is 9.60. The monoisotopic (exact) mass is 367 g/mol. The lowest BCUT2D eigenvalue weighted by Gasteiger charge is -2.38. The molecule has 0 saturated carbocycles. The molecule has 1 aromatic rings. The van der Waals surface area contributed by atoms with Gasteiger partial charge in [-0.2, -0.15) is 0 Å². The average Bonchev–Trinajstić information content (AvgIpc) is 2.51. The first-order chi connectivity index (χ1) is 11.3. The van der Waals surface area contributed by atoms with Gasteiger partial charge in [0.25, 0.3) is 5.69 Å². The second-order valence-corrected chi connectivity index (χ2v) is 12.8. The lowest BCUT2D eigenvalue weighted by Crippen LogP contribution is -2.46. The van der Waals surface area contributed by atoms with Crippen LogP contribution in [0.2, 0.25) is 18.1 Å². The van der Waals surface area contributed by atoms with Gasteiger partial charge in [0.1, 0.15) is 6.10 Å². The molecule has 0 fully saturated rings.